The summed E-state index contributed by atoms with van der Waals surface area (Å²) in [7, 11) is 0. The summed E-state index contributed by atoms with van der Waals surface area (Å²) in [5.74, 6) is 0. The Hall–Kier alpha value is -3.94. The maximum absolute atomic E-state index is 12.5. The maximum atomic E-state index is 12.5. The summed E-state index contributed by atoms with van der Waals surface area (Å²) in [5.41, 5.74) is 7.83. The van der Waals surface area contributed by atoms with Gasteiger partial charge in [-0.25, -0.2) is 9.59 Å². The van der Waals surface area contributed by atoms with E-state index in [1.165, 1.54) is 11.6 Å². The molecular weight excluding hydrogens is 480 g/mol. The number of aryl methyl sites for hydroxylation is 2. The van der Waals surface area contributed by atoms with E-state index in [4.69, 9.17) is 13.9 Å². The van der Waals surface area contributed by atoms with Crippen LogP contribution in [0.3, 0.4) is 0 Å². The number of anilines is 1. The zero-order chi connectivity index (χ0) is 26.6. The van der Waals surface area contributed by atoms with Crippen molar-refractivity contribution in [3.05, 3.63) is 87.8 Å². The number of benzene rings is 3. The highest BCUT2D eigenvalue weighted by atomic mass is 16.5. The fourth-order valence-corrected chi connectivity index (χ4v) is 5.21. The van der Waals surface area contributed by atoms with Crippen LogP contribution in [0.25, 0.3) is 33.2 Å². The number of morpholine rings is 1. The second-order valence-corrected chi connectivity index (χ2v) is 9.56. The molecule has 5 rings (SSSR count). The lowest BCUT2D eigenvalue weighted by molar-refractivity contribution is 0.0342. The van der Waals surface area contributed by atoms with Gasteiger partial charge in [-0.15, -0.1) is 0 Å². The molecule has 196 valence electrons. The Kier molecular flexibility index (Phi) is 7.58. The Balaban J connectivity index is 1.55. The van der Waals surface area contributed by atoms with Crippen LogP contribution in [0.4, 0.5) is 10.5 Å². The minimum absolute atomic E-state index is 0.283. The van der Waals surface area contributed by atoms with E-state index in [2.05, 4.69) is 41.4 Å². The molecule has 0 spiro atoms. The second-order valence-electron chi connectivity index (χ2n) is 9.56. The van der Waals surface area contributed by atoms with Crippen molar-refractivity contribution in [2.24, 2.45) is 0 Å². The van der Waals surface area contributed by atoms with E-state index in [1.807, 2.05) is 31.2 Å². The molecule has 4 aromatic rings. The van der Waals surface area contributed by atoms with Crippen molar-refractivity contribution in [3.8, 4) is 22.3 Å². The lowest BCUT2D eigenvalue weighted by atomic mass is 9.89. The van der Waals surface area contributed by atoms with E-state index in [9.17, 15) is 9.59 Å². The van der Waals surface area contributed by atoms with Crippen molar-refractivity contribution in [1.29, 1.82) is 0 Å². The molecule has 1 amide bonds. The number of rotatable bonds is 6. The number of hydrogen-bond donors (Lipinski definition) is 1. The Bertz CT molecular complexity index is 1520. The van der Waals surface area contributed by atoms with Crippen LogP contribution in [-0.4, -0.2) is 43.9 Å². The molecular formula is C31H32N2O5. The highest BCUT2D eigenvalue weighted by Crippen LogP contribution is 2.38. The van der Waals surface area contributed by atoms with Crippen LogP contribution in [-0.2, 0) is 16.0 Å². The van der Waals surface area contributed by atoms with E-state index in [1.54, 1.807) is 13.0 Å². The number of nitrogens with one attached hydrogen (secondary N) is 1. The molecule has 3 aromatic carbocycles. The average molecular weight is 513 g/mol. The van der Waals surface area contributed by atoms with Gasteiger partial charge in [0.15, 0.2) is 0 Å². The largest absolute Gasteiger partial charge is 0.450 e. The summed E-state index contributed by atoms with van der Waals surface area (Å²) in [5, 5.41) is 3.61. The van der Waals surface area contributed by atoms with E-state index in [-0.39, 0.29) is 6.61 Å². The van der Waals surface area contributed by atoms with Crippen molar-refractivity contribution in [2.45, 2.75) is 27.3 Å². The van der Waals surface area contributed by atoms with Gasteiger partial charge in [0.05, 0.1) is 19.8 Å². The fraction of sp³-hybridized carbons (Fsp3) is 0.290. The van der Waals surface area contributed by atoms with Gasteiger partial charge in [-0.1, -0.05) is 36.4 Å². The normalized spacial score (nSPS) is 14.0. The molecule has 7 nitrogen and oxygen atoms in total. The quantitative estimate of drug-likeness (QED) is 0.312. The molecule has 1 N–H and O–H groups in total. The zero-order valence-corrected chi connectivity index (χ0v) is 22.0. The summed E-state index contributed by atoms with van der Waals surface area (Å²) < 4.78 is 16.1. The fourth-order valence-electron chi connectivity index (χ4n) is 5.21. The first-order valence-corrected chi connectivity index (χ1v) is 12.9. The topological polar surface area (TPSA) is 81.0 Å². The van der Waals surface area contributed by atoms with Crippen LogP contribution in [0.1, 0.15) is 23.6 Å². The van der Waals surface area contributed by atoms with Crippen molar-refractivity contribution >= 4 is 22.7 Å². The minimum Gasteiger partial charge on any atom is -0.450 e. The monoisotopic (exact) mass is 512 g/mol. The number of nitrogens with zero attached hydrogens (tertiary/aromatic N) is 1. The number of hydrogen-bond acceptors (Lipinski definition) is 6. The molecule has 38 heavy (non-hydrogen) atoms. The molecule has 1 aliphatic heterocycles. The lowest BCUT2D eigenvalue weighted by Crippen LogP contribution is -2.35. The molecule has 0 aliphatic carbocycles. The number of carbonyl (C=O) groups is 1. The Morgan fingerprint density at radius 2 is 1.76 bits per heavy atom. The first-order chi connectivity index (χ1) is 18.4. The molecule has 0 saturated carbocycles. The number of amides is 1. The van der Waals surface area contributed by atoms with Crippen LogP contribution < -0.4 is 10.9 Å². The molecule has 7 heteroatoms. The summed E-state index contributed by atoms with van der Waals surface area (Å²) in [6.45, 7) is 10.5. The molecule has 1 aromatic heterocycles. The third kappa shape index (κ3) is 5.49. The number of fused-ring (bicyclic) bond motifs is 1. The van der Waals surface area contributed by atoms with E-state index in [0.29, 0.717) is 11.3 Å². The highest BCUT2D eigenvalue weighted by molar-refractivity contribution is 6.00. The Morgan fingerprint density at radius 1 is 1.00 bits per heavy atom. The van der Waals surface area contributed by atoms with Gasteiger partial charge in [-0.3, -0.25) is 10.2 Å². The number of ether oxygens (including phenoxy) is 2. The molecule has 1 saturated heterocycles. The molecule has 0 unspecified atom stereocenters. The summed E-state index contributed by atoms with van der Waals surface area (Å²) in [6, 6.07) is 19.5. The standard InChI is InChI=1S/C31H32N2O5/c1-4-37-31(35)32-25-7-5-6-24(17-25)26-18-28(34)38-27-16-20(2)29(21(3)30(26)27)23-10-8-22(9-11-23)19-33-12-14-36-15-13-33/h5-11,16-18H,4,12-15,19H2,1-3H3,(H,32,35). The summed E-state index contributed by atoms with van der Waals surface area (Å²) in [4.78, 5) is 26.9. The lowest BCUT2D eigenvalue weighted by Gasteiger charge is -2.26. The van der Waals surface area contributed by atoms with E-state index in [0.717, 1.165) is 71.6 Å². The van der Waals surface area contributed by atoms with Crippen LogP contribution in [0.15, 0.2) is 69.9 Å². The molecule has 0 atom stereocenters. The van der Waals surface area contributed by atoms with Crippen molar-refractivity contribution < 1.29 is 18.7 Å². The minimum atomic E-state index is -0.520. The molecule has 1 aliphatic rings. The van der Waals surface area contributed by atoms with Crippen molar-refractivity contribution in [2.75, 3.05) is 38.2 Å². The third-order valence-corrected chi connectivity index (χ3v) is 6.93. The van der Waals surface area contributed by atoms with Gasteiger partial charge in [-0.05, 0) is 72.4 Å². The predicted molar refractivity (Wildman–Crippen MR) is 150 cm³/mol. The molecule has 1 fully saturated rings. The first kappa shape index (κ1) is 25.7. The van der Waals surface area contributed by atoms with E-state index < -0.39 is 11.7 Å². The summed E-state index contributed by atoms with van der Waals surface area (Å²) in [6.07, 6.45) is -0.520. The van der Waals surface area contributed by atoms with Gasteiger partial charge in [0.25, 0.3) is 0 Å². The third-order valence-electron chi connectivity index (χ3n) is 6.93. The number of carbonyl (C=O) groups excluding carboxylic acids is 1. The van der Waals surface area contributed by atoms with Crippen LogP contribution in [0.5, 0.6) is 0 Å². The average Bonchev–Trinajstić information content (AvgIpc) is 2.90. The van der Waals surface area contributed by atoms with Crippen LogP contribution in [0.2, 0.25) is 0 Å². The molecule has 0 radical (unpaired) electrons. The second kappa shape index (κ2) is 11.2. The smallest absolute Gasteiger partial charge is 0.411 e. The zero-order valence-electron chi connectivity index (χ0n) is 22.0. The first-order valence-electron chi connectivity index (χ1n) is 12.9. The SMILES string of the molecule is CCOC(=O)Nc1cccc(-c2cc(=O)oc3cc(C)c(-c4ccc(CN5CCOCC5)cc4)c(C)c23)c1. The van der Waals surface area contributed by atoms with Crippen LogP contribution in [0, 0.1) is 13.8 Å². The summed E-state index contributed by atoms with van der Waals surface area (Å²) >= 11 is 0. The van der Waals surface area contributed by atoms with Gasteiger partial charge < -0.3 is 13.9 Å². The Morgan fingerprint density at radius 3 is 2.50 bits per heavy atom. The van der Waals surface area contributed by atoms with Crippen molar-refractivity contribution in [3.63, 3.8) is 0 Å². The maximum Gasteiger partial charge on any atom is 0.411 e. The molecule has 0 bridgehead atoms. The molecule has 2 heterocycles. The van der Waals surface area contributed by atoms with E-state index >= 15 is 0 Å². The van der Waals surface area contributed by atoms with Crippen LogP contribution >= 0.6 is 0 Å². The highest BCUT2D eigenvalue weighted by Gasteiger charge is 2.18. The van der Waals surface area contributed by atoms with Gasteiger partial charge in [0, 0.05) is 42.3 Å². The van der Waals surface area contributed by atoms with Crippen molar-refractivity contribution in [1.82, 2.24) is 4.90 Å². The van der Waals surface area contributed by atoms with Gasteiger partial charge in [0.1, 0.15) is 5.58 Å². The van der Waals surface area contributed by atoms with Gasteiger partial charge in [0.2, 0.25) is 0 Å². The van der Waals surface area contributed by atoms with Gasteiger partial charge in [-0.2, -0.15) is 0 Å². The van der Waals surface area contributed by atoms with Gasteiger partial charge >= 0.3 is 11.7 Å². The predicted octanol–water partition coefficient (Wildman–Crippen LogP) is 6.14. The Labute approximate surface area is 222 Å².